The van der Waals surface area contributed by atoms with Gasteiger partial charge in [-0.2, -0.15) is 0 Å². The number of aryl methyl sites for hydroxylation is 1. The fourth-order valence-electron chi connectivity index (χ4n) is 1.99. The van der Waals surface area contributed by atoms with Crippen molar-refractivity contribution in [3.05, 3.63) is 53.0 Å². The number of hydrogen-bond acceptors (Lipinski definition) is 4. The summed E-state index contributed by atoms with van der Waals surface area (Å²) in [5.74, 6) is 2.72. The number of ether oxygens (including phenoxy) is 2. The highest BCUT2D eigenvalue weighted by Crippen LogP contribution is 2.17. The fraction of sp³-hybridized carbons (Fsp3) is 0.375. The minimum atomic E-state index is 0.561. The van der Waals surface area contributed by atoms with Crippen molar-refractivity contribution in [3.8, 4) is 5.75 Å². The summed E-state index contributed by atoms with van der Waals surface area (Å²) in [7, 11) is 3.56. The van der Waals surface area contributed by atoms with Gasteiger partial charge in [-0.1, -0.05) is 12.1 Å². The van der Waals surface area contributed by atoms with E-state index in [1.807, 2.05) is 44.3 Å². The van der Waals surface area contributed by atoms with Gasteiger partial charge in [-0.3, -0.25) is 0 Å². The van der Waals surface area contributed by atoms with Crippen LogP contribution in [0.25, 0.3) is 0 Å². The Balaban J connectivity index is 1.85. The second kappa shape index (κ2) is 7.12. The van der Waals surface area contributed by atoms with Crippen molar-refractivity contribution in [2.45, 2.75) is 26.7 Å². The van der Waals surface area contributed by atoms with Gasteiger partial charge >= 0.3 is 0 Å². The van der Waals surface area contributed by atoms with E-state index in [-0.39, 0.29) is 0 Å². The first-order chi connectivity index (χ1) is 9.72. The van der Waals surface area contributed by atoms with Gasteiger partial charge in [0.1, 0.15) is 17.3 Å². The van der Waals surface area contributed by atoms with Crippen molar-refractivity contribution in [2.24, 2.45) is 0 Å². The van der Waals surface area contributed by atoms with Gasteiger partial charge < -0.3 is 19.2 Å². The molecule has 0 fully saturated rings. The maximum Gasteiger partial charge on any atom is 0.118 e. The highest BCUT2D eigenvalue weighted by atomic mass is 16.5. The molecular weight excluding hydrogens is 254 g/mol. The Morgan fingerprint density at radius 2 is 1.90 bits per heavy atom. The summed E-state index contributed by atoms with van der Waals surface area (Å²) in [5, 5.41) is 3.07. The molecule has 0 bridgehead atoms. The first-order valence-electron chi connectivity index (χ1n) is 6.66. The van der Waals surface area contributed by atoms with Gasteiger partial charge in [0.05, 0.1) is 26.9 Å². The lowest BCUT2D eigenvalue weighted by molar-refractivity contribution is 0.106. The van der Waals surface area contributed by atoms with Crippen molar-refractivity contribution in [3.63, 3.8) is 0 Å². The van der Waals surface area contributed by atoms with E-state index in [0.29, 0.717) is 13.2 Å². The molecule has 0 aliphatic heterocycles. The Bertz CT molecular complexity index is 531. The zero-order valence-electron chi connectivity index (χ0n) is 12.2. The molecule has 1 aromatic heterocycles. The Morgan fingerprint density at radius 3 is 2.55 bits per heavy atom. The van der Waals surface area contributed by atoms with E-state index in [1.165, 1.54) is 0 Å². The van der Waals surface area contributed by atoms with Crippen molar-refractivity contribution in [1.82, 2.24) is 5.32 Å². The van der Waals surface area contributed by atoms with Crippen LogP contribution in [0.4, 0.5) is 0 Å². The van der Waals surface area contributed by atoms with Crippen LogP contribution in [0.1, 0.15) is 22.6 Å². The van der Waals surface area contributed by atoms with Gasteiger partial charge in [-0.05, 0) is 37.7 Å². The van der Waals surface area contributed by atoms with Gasteiger partial charge in [-0.15, -0.1) is 0 Å². The Labute approximate surface area is 119 Å². The molecule has 0 atom stereocenters. The topological polar surface area (TPSA) is 43.6 Å². The van der Waals surface area contributed by atoms with Gasteiger partial charge in [0.15, 0.2) is 0 Å². The molecule has 0 saturated heterocycles. The monoisotopic (exact) mass is 275 g/mol. The standard InChI is InChI=1S/C16H21NO3/c1-12-14(8-16(20-12)9-17-2)11-19-10-13-4-6-15(18-3)7-5-13/h4-8,17H,9-11H2,1-3H3. The highest BCUT2D eigenvalue weighted by molar-refractivity contribution is 5.26. The largest absolute Gasteiger partial charge is 0.497 e. The van der Waals surface area contributed by atoms with Crippen LogP contribution in [0.15, 0.2) is 34.7 Å². The van der Waals surface area contributed by atoms with Crippen LogP contribution in [0.2, 0.25) is 0 Å². The molecule has 0 amide bonds. The number of nitrogens with one attached hydrogen (secondary N) is 1. The molecule has 0 unspecified atom stereocenters. The molecule has 0 saturated carbocycles. The Hall–Kier alpha value is -1.78. The van der Waals surface area contributed by atoms with Crippen molar-refractivity contribution >= 4 is 0 Å². The number of hydrogen-bond donors (Lipinski definition) is 1. The summed E-state index contributed by atoms with van der Waals surface area (Å²) in [4.78, 5) is 0. The maximum atomic E-state index is 5.73. The SMILES string of the molecule is CNCc1cc(COCc2ccc(OC)cc2)c(C)o1. The van der Waals surface area contributed by atoms with Crippen molar-refractivity contribution in [1.29, 1.82) is 0 Å². The van der Waals surface area contributed by atoms with Gasteiger partial charge in [-0.25, -0.2) is 0 Å². The molecule has 4 nitrogen and oxygen atoms in total. The van der Waals surface area contributed by atoms with Crippen molar-refractivity contribution < 1.29 is 13.9 Å². The predicted molar refractivity (Wildman–Crippen MR) is 77.7 cm³/mol. The average Bonchev–Trinajstić information content (AvgIpc) is 2.80. The molecule has 1 aromatic carbocycles. The number of benzene rings is 1. The molecule has 2 aromatic rings. The van der Waals surface area contributed by atoms with Gasteiger partial charge in [0.2, 0.25) is 0 Å². The summed E-state index contributed by atoms with van der Waals surface area (Å²) in [5.41, 5.74) is 2.23. The minimum absolute atomic E-state index is 0.561. The van der Waals surface area contributed by atoms with Crippen LogP contribution >= 0.6 is 0 Å². The fourth-order valence-corrected chi connectivity index (χ4v) is 1.99. The van der Waals surface area contributed by atoms with Crippen LogP contribution in [0.5, 0.6) is 5.75 Å². The number of methoxy groups -OCH3 is 1. The second-order valence-electron chi connectivity index (χ2n) is 4.67. The molecule has 2 rings (SSSR count). The van der Waals surface area contributed by atoms with E-state index < -0.39 is 0 Å². The number of rotatable bonds is 7. The molecule has 0 aliphatic rings. The van der Waals surface area contributed by atoms with E-state index in [0.717, 1.165) is 34.9 Å². The number of furan rings is 1. The van der Waals surface area contributed by atoms with Crippen LogP contribution in [0.3, 0.4) is 0 Å². The summed E-state index contributed by atoms with van der Waals surface area (Å²) in [6.07, 6.45) is 0. The van der Waals surface area contributed by atoms with Gasteiger partial charge in [0.25, 0.3) is 0 Å². The smallest absolute Gasteiger partial charge is 0.118 e. The molecule has 4 heteroatoms. The summed E-state index contributed by atoms with van der Waals surface area (Å²) < 4.78 is 16.5. The zero-order valence-corrected chi connectivity index (χ0v) is 12.2. The second-order valence-corrected chi connectivity index (χ2v) is 4.67. The predicted octanol–water partition coefficient (Wildman–Crippen LogP) is 3.03. The van der Waals surface area contributed by atoms with Crippen LogP contribution in [-0.2, 0) is 24.5 Å². The third-order valence-corrected chi connectivity index (χ3v) is 3.11. The first kappa shape index (κ1) is 14.6. The third-order valence-electron chi connectivity index (χ3n) is 3.11. The normalized spacial score (nSPS) is 10.8. The summed E-state index contributed by atoms with van der Waals surface area (Å²) >= 11 is 0. The minimum Gasteiger partial charge on any atom is -0.497 e. The van der Waals surface area contributed by atoms with Gasteiger partial charge in [0, 0.05) is 5.56 Å². The Kier molecular flexibility index (Phi) is 5.21. The van der Waals surface area contributed by atoms with E-state index in [4.69, 9.17) is 13.9 Å². The molecule has 0 spiro atoms. The molecule has 20 heavy (non-hydrogen) atoms. The van der Waals surface area contributed by atoms with E-state index in [2.05, 4.69) is 5.32 Å². The van der Waals surface area contributed by atoms with Crippen molar-refractivity contribution in [2.75, 3.05) is 14.2 Å². The molecule has 0 radical (unpaired) electrons. The quantitative estimate of drug-likeness (QED) is 0.843. The maximum absolute atomic E-state index is 5.73. The first-order valence-corrected chi connectivity index (χ1v) is 6.66. The zero-order chi connectivity index (χ0) is 14.4. The molecule has 1 N–H and O–H groups in total. The molecule has 0 aliphatic carbocycles. The molecule has 108 valence electrons. The summed E-state index contributed by atoms with van der Waals surface area (Å²) in [6.45, 7) is 3.84. The lowest BCUT2D eigenvalue weighted by atomic mass is 10.2. The van der Waals surface area contributed by atoms with E-state index >= 15 is 0 Å². The van der Waals surface area contributed by atoms with Crippen LogP contribution in [0, 0.1) is 6.92 Å². The molecule has 1 heterocycles. The highest BCUT2D eigenvalue weighted by Gasteiger charge is 2.07. The van der Waals surface area contributed by atoms with Crippen LogP contribution in [-0.4, -0.2) is 14.2 Å². The Morgan fingerprint density at radius 1 is 1.15 bits per heavy atom. The lowest BCUT2D eigenvalue weighted by Crippen LogP contribution is -2.03. The lowest BCUT2D eigenvalue weighted by Gasteiger charge is -2.05. The molecular formula is C16H21NO3. The van der Waals surface area contributed by atoms with E-state index in [9.17, 15) is 0 Å². The van der Waals surface area contributed by atoms with E-state index in [1.54, 1.807) is 7.11 Å². The van der Waals surface area contributed by atoms with Crippen LogP contribution < -0.4 is 10.1 Å². The average molecular weight is 275 g/mol. The third kappa shape index (κ3) is 3.85. The summed E-state index contributed by atoms with van der Waals surface area (Å²) in [6, 6.07) is 9.93.